The Hall–Kier alpha value is -4.10. The smallest absolute Gasteiger partial charge is 0.153 e. The molecule has 39 heavy (non-hydrogen) atoms. The molecule has 0 unspecified atom stereocenters. The molecule has 2 bridgehead atoms. The van der Waals surface area contributed by atoms with Gasteiger partial charge in [0.25, 0.3) is 0 Å². The summed E-state index contributed by atoms with van der Waals surface area (Å²) in [5.41, 5.74) is 6.33. The summed E-state index contributed by atoms with van der Waals surface area (Å²) in [7, 11) is 0. The number of fused-ring (bicyclic) bond motifs is 2. The lowest BCUT2D eigenvalue weighted by Crippen LogP contribution is -2.44. The Morgan fingerprint density at radius 1 is 0.872 bits per heavy atom. The van der Waals surface area contributed by atoms with Crippen LogP contribution in [0, 0.1) is 22.7 Å². The average molecular weight is 513 g/mol. The SMILES string of the molecule is CC1(C)C[C@H]2CN(C=Nc3c(C#N)c(-c4ccccc4)c(-c4ccccc4)n3Cc3ccccc3)[C@](C)(C2)C1. The first-order valence-corrected chi connectivity index (χ1v) is 14.0. The standard InChI is InChI=1S/C35H36N4/c1-34(2)19-27-20-35(3,24-34)38(22-27)25-37-33-30(21-36)31(28-15-9-5-10-16-28)32(29-17-11-6-12-18-29)39(33)23-26-13-7-4-8-14-26/h4-18,25,27H,19-20,22-24H2,1-3H3/t27-,35-/m1/s1. The Labute approximate surface area is 232 Å². The first-order chi connectivity index (χ1) is 18.9. The number of nitrogens with zero attached hydrogens (tertiary/aromatic N) is 4. The van der Waals surface area contributed by atoms with Gasteiger partial charge in [-0.1, -0.05) is 105 Å². The van der Waals surface area contributed by atoms with Crippen LogP contribution in [0.5, 0.6) is 0 Å². The summed E-state index contributed by atoms with van der Waals surface area (Å²) < 4.78 is 2.25. The zero-order chi connectivity index (χ0) is 27.0. The van der Waals surface area contributed by atoms with Gasteiger partial charge in [-0.25, -0.2) is 4.99 Å². The summed E-state index contributed by atoms with van der Waals surface area (Å²) in [4.78, 5) is 7.64. The van der Waals surface area contributed by atoms with E-state index in [2.05, 4.69) is 97.0 Å². The van der Waals surface area contributed by atoms with Gasteiger partial charge in [0.05, 0.1) is 12.0 Å². The van der Waals surface area contributed by atoms with E-state index in [0.717, 1.165) is 41.2 Å². The van der Waals surface area contributed by atoms with Gasteiger partial charge in [-0.05, 0) is 54.2 Å². The van der Waals surface area contributed by atoms with Crippen LogP contribution in [-0.4, -0.2) is 27.9 Å². The molecule has 1 aliphatic carbocycles. The molecule has 1 aromatic heterocycles. The number of nitriles is 1. The van der Waals surface area contributed by atoms with Crippen LogP contribution in [0.15, 0.2) is 96.0 Å². The molecule has 1 aliphatic heterocycles. The average Bonchev–Trinajstić information content (AvgIpc) is 3.37. The molecule has 6 rings (SSSR count). The molecule has 0 spiro atoms. The van der Waals surface area contributed by atoms with Crippen molar-refractivity contribution in [2.45, 2.75) is 52.1 Å². The first-order valence-electron chi connectivity index (χ1n) is 14.0. The lowest BCUT2D eigenvalue weighted by Gasteiger charge is -2.42. The summed E-state index contributed by atoms with van der Waals surface area (Å²) in [5, 5.41) is 10.6. The highest BCUT2D eigenvalue weighted by Gasteiger charge is 2.49. The second-order valence-corrected chi connectivity index (χ2v) is 12.3. The zero-order valence-corrected chi connectivity index (χ0v) is 23.1. The normalized spacial score (nSPS) is 21.8. The molecule has 2 fully saturated rings. The Kier molecular flexibility index (Phi) is 6.39. The Bertz CT molecular complexity index is 1530. The molecule has 3 aromatic carbocycles. The third kappa shape index (κ3) is 4.79. The van der Waals surface area contributed by atoms with Crippen molar-refractivity contribution in [3.63, 3.8) is 0 Å². The Balaban J connectivity index is 1.55. The predicted octanol–water partition coefficient (Wildman–Crippen LogP) is 8.30. The minimum absolute atomic E-state index is 0.101. The largest absolute Gasteiger partial charge is 0.357 e. The van der Waals surface area contributed by atoms with Gasteiger partial charge in [0.2, 0.25) is 0 Å². The molecular formula is C35H36N4. The third-order valence-corrected chi connectivity index (χ3v) is 8.54. The van der Waals surface area contributed by atoms with Crippen molar-refractivity contribution >= 4 is 12.2 Å². The van der Waals surface area contributed by atoms with Gasteiger partial charge in [-0.2, -0.15) is 5.26 Å². The highest BCUT2D eigenvalue weighted by molar-refractivity contribution is 5.91. The van der Waals surface area contributed by atoms with E-state index in [1.54, 1.807) is 0 Å². The van der Waals surface area contributed by atoms with E-state index in [1.807, 2.05) is 36.7 Å². The van der Waals surface area contributed by atoms with Crippen LogP contribution < -0.4 is 0 Å². The maximum atomic E-state index is 10.6. The van der Waals surface area contributed by atoms with Crippen molar-refractivity contribution in [3.8, 4) is 28.5 Å². The minimum Gasteiger partial charge on any atom is -0.357 e. The second-order valence-electron chi connectivity index (χ2n) is 12.3. The van der Waals surface area contributed by atoms with Crippen LogP contribution in [-0.2, 0) is 6.54 Å². The van der Waals surface area contributed by atoms with E-state index in [4.69, 9.17) is 4.99 Å². The van der Waals surface area contributed by atoms with Crippen LogP contribution in [0.2, 0.25) is 0 Å². The van der Waals surface area contributed by atoms with Gasteiger partial charge < -0.3 is 9.47 Å². The highest BCUT2D eigenvalue weighted by Crippen LogP contribution is 2.51. The van der Waals surface area contributed by atoms with Crippen molar-refractivity contribution in [3.05, 3.63) is 102 Å². The van der Waals surface area contributed by atoms with Gasteiger partial charge in [-0.15, -0.1) is 0 Å². The highest BCUT2D eigenvalue weighted by atomic mass is 15.3. The molecule has 0 radical (unpaired) electrons. The van der Waals surface area contributed by atoms with Crippen molar-refractivity contribution < 1.29 is 0 Å². The molecular weight excluding hydrogens is 476 g/mol. The summed E-state index contributed by atoms with van der Waals surface area (Å²) in [6, 6.07) is 33.7. The van der Waals surface area contributed by atoms with E-state index in [-0.39, 0.29) is 5.54 Å². The quantitative estimate of drug-likeness (QED) is 0.193. The van der Waals surface area contributed by atoms with Crippen LogP contribution in [0.4, 0.5) is 5.82 Å². The Morgan fingerprint density at radius 2 is 1.49 bits per heavy atom. The van der Waals surface area contributed by atoms with E-state index in [0.29, 0.717) is 23.4 Å². The molecule has 1 saturated carbocycles. The molecule has 4 nitrogen and oxygen atoms in total. The number of rotatable bonds is 6. The summed E-state index contributed by atoms with van der Waals surface area (Å²) in [6.45, 7) is 8.84. The summed E-state index contributed by atoms with van der Waals surface area (Å²) in [6.07, 6.45) is 5.67. The molecule has 1 saturated heterocycles. The zero-order valence-electron chi connectivity index (χ0n) is 23.1. The lowest BCUT2D eigenvalue weighted by molar-refractivity contribution is 0.121. The van der Waals surface area contributed by atoms with Crippen molar-refractivity contribution in [1.29, 1.82) is 5.26 Å². The van der Waals surface area contributed by atoms with Crippen LogP contribution in [0.3, 0.4) is 0 Å². The third-order valence-electron chi connectivity index (χ3n) is 8.54. The number of benzene rings is 3. The molecule has 4 aromatic rings. The van der Waals surface area contributed by atoms with Crippen molar-refractivity contribution in [2.75, 3.05) is 6.54 Å². The van der Waals surface area contributed by atoms with E-state index < -0.39 is 0 Å². The molecule has 0 amide bonds. The van der Waals surface area contributed by atoms with Gasteiger partial charge in [0.1, 0.15) is 11.6 Å². The molecule has 2 heterocycles. The number of aromatic nitrogens is 1. The molecule has 2 atom stereocenters. The molecule has 196 valence electrons. The van der Waals surface area contributed by atoms with Crippen LogP contribution in [0.25, 0.3) is 22.4 Å². The minimum atomic E-state index is 0.101. The van der Waals surface area contributed by atoms with E-state index >= 15 is 0 Å². The van der Waals surface area contributed by atoms with Gasteiger partial charge >= 0.3 is 0 Å². The van der Waals surface area contributed by atoms with Gasteiger partial charge in [0.15, 0.2) is 5.82 Å². The summed E-state index contributed by atoms with van der Waals surface area (Å²) >= 11 is 0. The van der Waals surface area contributed by atoms with Gasteiger partial charge in [-0.3, -0.25) is 0 Å². The fourth-order valence-electron chi connectivity index (χ4n) is 7.36. The maximum absolute atomic E-state index is 10.6. The van der Waals surface area contributed by atoms with E-state index in [1.165, 1.54) is 18.4 Å². The van der Waals surface area contributed by atoms with Crippen LogP contribution in [0.1, 0.15) is 51.2 Å². The predicted molar refractivity (Wildman–Crippen MR) is 160 cm³/mol. The van der Waals surface area contributed by atoms with Crippen molar-refractivity contribution in [2.24, 2.45) is 16.3 Å². The van der Waals surface area contributed by atoms with Crippen molar-refractivity contribution in [1.82, 2.24) is 9.47 Å². The monoisotopic (exact) mass is 512 g/mol. The fourth-order valence-corrected chi connectivity index (χ4v) is 7.36. The fraction of sp³-hybridized carbons (Fsp3) is 0.314. The first kappa shape index (κ1) is 25.2. The topological polar surface area (TPSA) is 44.3 Å². The number of hydrogen-bond donors (Lipinski definition) is 0. The number of likely N-dealkylation sites (tertiary alicyclic amines) is 1. The van der Waals surface area contributed by atoms with Crippen LogP contribution >= 0.6 is 0 Å². The van der Waals surface area contributed by atoms with Gasteiger partial charge in [0, 0.05) is 24.2 Å². The second kappa shape index (κ2) is 9.89. The molecule has 2 aliphatic rings. The van der Waals surface area contributed by atoms with E-state index in [9.17, 15) is 5.26 Å². The Morgan fingerprint density at radius 3 is 2.13 bits per heavy atom. The molecule has 4 heteroatoms. The maximum Gasteiger partial charge on any atom is 0.153 e. The molecule has 0 N–H and O–H groups in total. The number of aliphatic imine (C=N–C) groups is 1. The lowest BCUT2D eigenvalue weighted by atomic mass is 9.67. The summed E-state index contributed by atoms with van der Waals surface area (Å²) in [5.74, 6) is 1.42. The number of hydrogen-bond acceptors (Lipinski definition) is 2.